The number of nitrogen functional groups attached to an aromatic ring is 1. The summed E-state index contributed by atoms with van der Waals surface area (Å²) < 4.78 is 31.0. The lowest BCUT2D eigenvalue weighted by Crippen LogP contribution is -2.06. The van der Waals surface area contributed by atoms with Crippen LogP contribution >= 0.6 is 0 Å². The Labute approximate surface area is 153 Å². The molecular formula is C18H15F2N5O2. The number of anilines is 5. The Morgan fingerprint density at radius 1 is 0.963 bits per heavy atom. The monoisotopic (exact) mass is 371 g/mol. The number of methoxy groups -OCH3 is 1. The maximum absolute atomic E-state index is 13.3. The number of aromatic nitrogens is 2. The first-order chi connectivity index (χ1) is 13.0. The molecule has 3 aromatic rings. The van der Waals surface area contributed by atoms with Gasteiger partial charge in [0.05, 0.1) is 12.7 Å². The zero-order chi connectivity index (χ0) is 19.4. The van der Waals surface area contributed by atoms with Crippen LogP contribution in [0.25, 0.3) is 0 Å². The van der Waals surface area contributed by atoms with Crippen LogP contribution in [-0.4, -0.2) is 23.0 Å². The van der Waals surface area contributed by atoms with Gasteiger partial charge in [-0.15, -0.1) is 0 Å². The van der Waals surface area contributed by atoms with E-state index < -0.39 is 17.6 Å². The number of ether oxygens (including phenoxy) is 1. The number of nitrogens with zero attached hydrogens (tertiary/aromatic N) is 2. The number of carbonyl (C=O) groups is 1. The molecule has 0 spiro atoms. The molecule has 0 aliphatic carbocycles. The predicted molar refractivity (Wildman–Crippen MR) is 97.1 cm³/mol. The van der Waals surface area contributed by atoms with E-state index in [1.807, 2.05) is 0 Å². The largest absolute Gasteiger partial charge is 0.465 e. The number of halogens is 2. The van der Waals surface area contributed by atoms with Gasteiger partial charge in [-0.1, -0.05) is 0 Å². The second kappa shape index (κ2) is 7.65. The van der Waals surface area contributed by atoms with Crippen molar-refractivity contribution < 1.29 is 18.3 Å². The lowest BCUT2D eigenvalue weighted by molar-refractivity contribution is 0.0601. The summed E-state index contributed by atoms with van der Waals surface area (Å²) in [5, 5.41) is 5.81. The number of esters is 1. The van der Waals surface area contributed by atoms with Gasteiger partial charge in [-0.25, -0.2) is 23.5 Å². The third kappa shape index (κ3) is 4.09. The zero-order valence-electron chi connectivity index (χ0n) is 14.2. The van der Waals surface area contributed by atoms with Crippen molar-refractivity contribution in [3.05, 3.63) is 66.0 Å². The minimum absolute atomic E-state index is 0.180. The van der Waals surface area contributed by atoms with Crippen LogP contribution < -0.4 is 16.4 Å². The molecule has 0 aliphatic rings. The fourth-order valence-corrected chi connectivity index (χ4v) is 2.25. The summed E-state index contributed by atoms with van der Waals surface area (Å²) in [6, 6.07) is 9.86. The summed E-state index contributed by atoms with van der Waals surface area (Å²) in [7, 11) is 1.30. The van der Waals surface area contributed by atoms with Crippen molar-refractivity contribution in [3.8, 4) is 0 Å². The number of hydrogen-bond acceptors (Lipinski definition) is 7. The van der Waals surface area contributed by atoms with Gasteiger partial charge in [0.2, 0.25) is 0 Å². The molecule has 0 bridgehead atoms. The molecule has 138 valence electrons. The topological polar surface area (TPSA) is 102 Å². The molecule has 3 rings (SSSR count). The molecule has 1 heterocycles. The number of nitrogens with two attached hydrogens (primary N) is 1. The van der Waals surface area contributed by atoms with Crippen LogP contribution in [0.4, 0.5) is 37.5 Å². The summed E-state index contributed by atoms with van der Waals surface area (Å²) in [5.41, 5.74) is 7.55. The number of rotatable bonds is 5. The second-order valence-corrected chi connectivity index (χ2v) is 5.43. The van der Waals surface area contributed by atoms with Crippen molar-refractivity contribution in [2.75, 3.05) is 23.5 Å². The fraction of sp³-hybridized carbons (Fsp3) is 0.0556. The highest BCUT2D eigenvalue weighted by Gasteiger charge is 2.11. The number of nitrogens with one attached hydrogen (secondary N) is 2. The van der Waals surface area contributed by atoms with Crippen LogP contribution in [0.1, 0.15) is 10.4 Å². The number of benzene rings is 2. The first kappa shape index (κ1) is 18.1. The van der Waals surface area contributed by atoms with Gasteiger partial charge in [0.25, 0.3) is 0 Å². The summed E-state index contributed by atoms with van der Waals surface area (Å²) in [6.07, 6.45) is 1.27. The minimum Gasteiger partial charge on any atom is -0.465 e. The summed E-state index contributed by atoms with van der Waals surface area (Å²) >= 11 is 0. The van der Waals surface area contributed by atoms with Gasteiger partial charge >= 0.3 is 5.97 Å². The molecule has 0 aliphatic heterocycles. The van der Waals surface area contributed by atoms with Gasteiger partial charge < -0.3 is 21.1 Å². The van der Waals surface area contributed by atoms with E-state index in [2.05, 4.69) is 25.3 Å². The standard InChI is InChI=1S/C18H15F2N5O2/c1-27-18(26)10-2-4-11(5-3-10)24-16-15(21)17(23-9-22-16)25-12-6-7-13(19)14(20)8-12/h2-9H,21H2,1H3,(H2,22,23,24,25). The van der Waals surface area contributed by atoms with Gasteiger partial charge in [0.1, 0.15) is 12.0 Å². The van der Waals surface area contributed by atoms with Crippen molar-refractivity contribution in [1.82, 2.24) is 9.97 Å². The number of hydrogen-bond donors (Lipinski definition) is 3. The van der Waals surface area contributed by atoms with Crippen molar-refractivity contribution in [2.45, 2.75) is 0 Å². The van der Waals surface area contributed by atoms with Crippen molar-refractivity contribution in [1.29, 1.82) is 0 Å². The third-order valence-corrected chi connectivity index (χ3v) is 3.63. The fourth-order valence-electron chi connectivity index (χ4n) is 2.25. The molecular weight excluding hydrogens is 356 g/mol. The molecule has 0 saturated carbocycles. The molecule has 9 heteroatoms. The van der Waals surface area contributed by atoms with E-state index in [9.17, 15) is 13.6 Å². The van der Waals surface area contributed by atoms with E-state index in [1.165, 1.54) is 19.5 Å². The van der Waals surface area contributed by atoms with Gasteiger partial charge in [-0.3, -0.25) is 0 Å². The Morgan fingerprint density at radius 2 is 1.56 bits per heavy atom. The van der Waals surface area contributed by atoms with E-state index in [-0.39, 0.29) is 17.2 Å². The Kier molecular flexibility index (Phi) is 5.11. The van der Waals surface area contributed by atoms with Gasteiger partial charge in [0.15, 0.2) is 23.3 Å². The second-order valence-electron chi connectivity index (χ2n) is 5.43. The Bertz CT molecular complexity index is 980. The first-order valence-electron chi connectivity index (χ1n) is 7.76. The Morgan fingerprint density at radius 3 is 2.15 bits per heavy atom. The number of carbonyl (C=O) groups excluding carboxylic acids is 1. The van der Waals surface area contributed by atoms with Crippen molar-refractivity contribution >= 4 is 34.7 Å². The van der Waals surface area contributed by atoms with E-state index in [1.54, 1.807) is 24.3 Å². The van der Waals surface area contributed by atoms with Crippen LogP contribution in [0.2, 0.25) is 0 Å². The van der Waals surface area contributed by atoms with Crippen molar-refractivity contribution in [3.63, 3.8) is 0 Å². The summed E-state index contributed by atoms with van der Waals surface area (Å²) in [6.45, 7) is 0. The summed E-state index contributed by atoms with van der Waals surface area (Å²) in [5.74, 6) is -1.85. The maximum atomic E-state index is 13.3. The molecule has 1 aromatic heterocycles. The molecule has 27 heavy (non-hydrogen) atoms. The molecule has 7 nitrogen and oxygen atoms in total. The van der Waals surface area contributed by atoms with Crippen LogP contribution in [0.3, 0.4) is 0 Å². The molecule has 0 unspecified atom stereocenters. The Hall–Kier alpha value is -3.75. The minimum atomic E-state index is -0.989. The van der Waals surface area contributed by atoms with Crippen LogP contribution in [-0.2, 0) is 4.74 Å². The maximum Gasteiger partial charge on any atom is 0.337 e. The van der Waals surface area contributed by atoms with E-state index in [0.29, 0.717) is 17.1 Å². The van der Waals surface area contributed by atoms with E-state index >= 15 is 0 Å². The highest BCUT2D eigenvalue weighted by Crippen LogP contribution is 2.28. The predicted octanol–water partition coefficient (Wildman–Crippen LogP) is 3.61. The van der Waals surface area contributed by atoms with E-state index in [0.717, 1.165) is 12.1 Å². The lowest BCUT2D eigenvalue weighted by Gasteiger charge is -2.13. The third-order valence-electron chi connectivity index (χ3n) is 3.63. The molecule has 0 atom stereocenters. The average Bonchev–Trinajstić information content (AvgIpc) is 2.68. The zero-order valence-corrected chi connectivity index (χ0v) is 14.2. The highest BCUT2D eigenvalue weighted by molar-refractivity contribution is 5.90. The van der Waals surface area contributed by atoms with E-state index in [4.69, 9.17) is 5.73 Å². The highest BCUT2D eigenvalue weighted by atomic mass is 19.2. The quantitative estimate of drug-likeness (QED) is 0.589. The van der Waals surface area contributed by atoms with Gasteiger partial charge in [-0.2, -0.15) is 0 Å². The SMILES string of the molecule is COC(=O)c1ccc(Nc2ncnc(Nc3ccc(F)c(F)c3)c2N)cc1. The molecule has 0 fully saturated rings. The van der Waals surface area contributed by atoms with Crippen LogP contribution in [0.5, 0.6) is 0 Å². The van der Waals surface area contributed by atoms with Gasteiger partial charge in [-0.05, 0) is 36.4 Å². The van der Waals surface area contributed by atoms with Crippen LogP contribution in [0, 0.1) is 11.6 Å². The molecule has 0 saturated heterocycles. The molecule has 0 radical (unpaired) electrons. The smallest absolute Gasteiger partial charge is 0.337 e. The Balaban J connectivity index is 1.80. The van der Waals surface area contributed by atoms with Crippen molar-refractivity contribution in [2.24, 2.45) is 0 Å². The normalized spacial score (nSPS) is 10.3. The molecule has 4 N–H and O–H groups in total. The lowest BCUT2D eigenvalue weighted by atomic mass is 10.2. The average molecular weight is 371 g/mol. The van der Waals surface area contributed by atoms with Gasteiger partial charge in [0, 0.05) is 17.4 Å². The van der Waals surface area contributed by atoms with Crippen LogP contribution in [0.15, 0.2) is 48.8 Å². The summed E-state index contributed by atoms with van der Waals surface area (Å²) in [4.78, 5) is 19.5. The first-order valence-corrected chi connectivity index (χ1v) is 7.76. The molecule has 0 amide bonds. The molecule has 2 aromatic carbocycles.